The van der Waals surface area contributed by atoms with Gasteiger partial charge in [-0.2, -0.15) is 0 Å². The predicted molar refractivity (Wildman–Crippen MR) is 61.6 cm³/mol. The van der Waals surface area contributed by atoms with E-state index in [0.29, 0.717) is 0 Å². The fourth-order valence-electron chi connectivity index (χ4n) is 1.30. The lowest BCUT2D eigenvalue weighted by atomic mass is 10.1. The van der Waals surface area contributed by atoms with Crippen LogP contribution >= 0.6 is 0 Å². The van der Waals surface area contributed by atoms with Crippen LogP contribution in [0.2, 0.25) is 0 Å². The van der Waals surface area contributed by atoms with Crippen LogP contribution in [0.3, 0.4) is 0 Å². The number of hydrogen-bond donors (Lipinski definition) is 2. The predicted octanol–water partition coefficient (Wildman–Crippen LogP) is 1.64. The van der Waals surface area contributed by atoms with Crippen LogP contribution in [-0.4, -0.2) is 22.2 Å². The van der Waals surface area contributed by atoms with Crippen LogP contribution in [0.1, 0.15) is 31.4 Å². The van der Waals surface area contributed by atoms with Gasteiger partial charge in [0.1, 0.15) is 0 Å². The van der Waals surface area contributed by atoms with E-state index in [0.717, 1.165) is 19.5 Å². The molecule has 1 aromatic heterocycles. The maximum atomic E-state index is 9.52. The van der Waals surface area contributed by atoms with Gasteiger partial charge < -0.3 is 10.4 Å². The minimum Gasteiger partial charge on any atom is -0.390 e. The van der Waals surface area contributed by atoms with Crippen LogP contribution in [0.25, 0.3) is 0 Å². The molecule has 0 fully saturated rings. The zero-order valence-corrected chi connectivity index (χ0v) is 9.75. The standard InChI is InChI=1S/C12H20N2O/c1-10-4-6-13-8-11(10)9-14-7-5-12(2,3)15/h4,6,8,14-15H,5,7,9H2,1-3H3. The molecule has 0 amide bonds. The average Bonchev–Trinajstić information content (AvgIpc) is 2.13. The summed E-state index contributed by atoms with van der Waals surface area (Å²) in [6.45, 7) is 7.36. The number of rotatable bonds is 5. The molecule has 1 heterocycles. The van der Waals surface area contributed by atoms with Crippen molar-refractivity contribution in [3.8, 4) is 0 Å². The number of nitrogens with zero attached hydrogens (tertiary/aromatic N) is 1. The van der Waals surface area contributed by atoms with E-state index >= 15 is 0 Å². The number of nitrogens with one attached hydrogen (secondary N) is 1. The van der Waals surface area contributed by atoms with Gasteiger partial charge in [0, 0.05) is 18.9 Å². The molecule has 0 radical (unpaired) electrons. The molecule has 0 aliphatic carbocycles. The van der Waals surface area contributed by atoms with E-state index in [1.165, 1.54) is 11.1 Å². The summed E-state index contributed by atoms with van der Waals surface area (Å²) >= 11 is 0. The van der Waals surface area contributed by atoms with Crippen LogP contribution in [0, 0.1) is 6.92 Å². The van der Waals surface area contributed by atoms with Gasteiger partial charge in [0.05, 0.1) is 5.60 Å². The third-order valence-electron chi connectivity index (χ3n) is 2.38. The van der Waals surface area contributed by atoms with Crippen molar-refractivity contribution in [2.24, 2.45) is 0 Å². The first-order chi connectivity index (χ1) is 6.99. The summed E-state index contributed by atoms with van der Waals surface area (Å²) in [6.07, 6.45) is 4.44. The summed E-state index contributed by atoms with van der Waals surface area (Å²) in [4.78, 5) is 4.08. The zero-order chi connectivity index (χ0) is 11.3. The quantitative estimate of drug-likeness (QED) is 0.723. The fraction of sp³-hybridized carbons (Fsp3) is 0.583. The molecule has 0 atom stereocenters. The maximum absolute atomic E-state index is 9.52. The second-order valence-electron chi connectivity index (χ2n) is 4.54. The summed E-state index contributed by atoms with van der Waals surface area (Å²) in [7, 11) is 0. The van der Waals surface area contributed by atoms with Gasteiger partial charge in [0.25, 0.3) is 0 Å². The summed E-state index contributed by atoms with van der Waals surface area (Å²) in [5.74, 6) is 0. The van der Waals surface area contributed by atoms with Crippen molar-refractivity contribution < 1.29 is 5.11 Å². The van der Waals surface area contributed by atoms with Crippen molar-refractivity contribution in [3.05, 3.63) is 29.6 Å². The van der Waals surface area contributed by atoms with E-state index in [2.05, 4.69) is 17.2 Å². The van der Waals surface area contributed by atoms with Crippen LogP contribution < -0.4 is 5.32 Å². The van der Waals surface area contributed by atoms with Crippen LogP contribution in [-0.2, 0) is 6.54 Å². The summed E-state index contributed by atoms with van der Waals surface area (Å²) in [6, 6.07) is 2.01. The topological polar surface area (TPSA) is 45.2 Å². The molecular weight excluding hydrogens is 188 g/mol. The Bertz CT molecular complexity index is 305. The van der Waals surface area contributed by atoms with E-state index in [1.54, 1.807) is 6.20 Å². The normalized spacial score (nSPS) is 11.7. The Morgan fingerprint density at radius 1 is 1.47 bits per heavy atom. The molecule has 0 saturated carbocycles. The molecule has 3 nitrogen and oxygen atoms in total. The van der Waals surface area contributed by atoms with Gasteiger partial charge in [-0.1, -0.05) is 0 Å². The Balaban J connectivity index is 2.30. The molecule has 0 bridgehead atoms. The van der Waals surface area contributed by atoms with Gasteiger partial charge >= 0.3 is 0 Å². The molecule has 1 rings (SSSR count). The number of aliphatic hydroxyl groups is 1. The largest absolute Gasteiger partial charge is 0.390 e. The highest BCUT2D eigenvalue weighted by Gasteiger charge is 2.10. The summed E-state index contributed by atoms with van der Waals surface area (Å²) < 4.78 is 0. The van der Waals surface area contributed by atoms with E-state index in [4.69, 9.17) is 0 Å². The Morgan fingerprint density at radius 3 is 2.80 bits per heavy atom. The van der Waals surface area contributed by atoms with E-state index in [-0.39, 0.29) is 0 Å². The number of pyridine rings is 1. The van der Waals surface area contributed by atoms with Gasteiger partial charge in [-0.25, -0.2) is 0 Å². The van der Waals surface area contributed by atoms with Crippen molar-refractivity contribution in [2.75, 3.05) is 6.54 Å². The highest BCUT2D eigenvalue weighted by Crippen LogP contribution is 2.07. The smallest absolute Gasteiger partial charge is 0.0603 e. The van der Waals surface area contributed by atoms with E-state index < -0.39 is 5.60 Å². The van der Waals surface area contributed by atoms with Crippen LogP contribution in [0.5, 0.6) is 0 Å². The molecule has 84 valence electrons. The second kappa shape index (κ2) is 5.24. The molecule has 0 aromatic carbocycles. The molecule has 0 aliphatic heterocycles. The highest BCUT2D eigenvalue weighted by atomic mass is 16.3. The zero-order valence-electron chi connectivity index (χ0n) is 9.75. The molecule has 0 saturated heterocycles. The lowest BCUT2D eigenvalue weighted by molar-refractivity contribution is 0.0711. The average molecular weight is 208 g/mol. The first-order valence-corrected chi connectivity index (χ1v) is 5.31. The highest BCUT2D eigenvalue weighted by molar-refractivity contribution is 5.20. The lowest BCUT2D eigenvalue weighted by Crippen LogP contribution is -2.26. The van der Waals surface area contributed by atoms with Gasteiger partial charge in [-0.3, -0.25) is 4.98 Å². The van der Waals surface area contributed by atoms with Crippen molar-refractivity contribution >= 4 is 0 Å². The van der Waals surface area contributed by atoms with Crippen molar-refractivity contribution in [3.63, 3.8) is 0 Å². The maximum Gasteiger partial charge on any atom is 0.0603 e. The Hall–Kier alpha value is -0.930. The van der Waals surface area contributed by atoms with Crippen molar-refractivity contribution in [2.45, 2.75) is 39.3 Å². The van der Waals surface area contributed by atoms with Gasteiger partial charge in [0.2, 0.25) is 0 Å². The molecule has 0 spiro atoms. The minimum atomic E-state index is -0.586. The molecule has 0 unspecified atom stereocenters. The third kappa shape index (κ3) is 4.91. The van der Waals surface area contributed by atoms with E-state index in [1.807, 2.05) is 26.1 Å². The number of hydrogen-bond acceptors (Lipinski definition) is 3. The van der Waals surface area contributed by atoms with Crippen molar-refractivity contribution in [1.29, 1.82) is 0 Å². The molecule has 2 N–H and O–H groups in total. The molecular formula is C12H20N2O. The van der Waals surface area contributed by atoms with Gasteiger partial charge in [0.15, 0.2) is 0 Å². The summed E-state index contributed by atoms with van der Waals surface area (Å²) in [5.41, 5.74) is 1.88. The molecule has 3 heteroatoms. The first-order valence-electron chi connectivity index (χ1n) is 5.31. The van der Waals surface area contributed by atoms with Crippen molar-refractivity contribution in [1.82, 2.24) is 10.3 Å². The first kappa shape index (κ1) is 12.1. The summed E-state index contributed by atoms with van der Waals surface area (Å²) in [5, 5.41) is 12.8. The Kier molecular flexibility index (Phi) is 4.24. The number of aryl methyl sites for hydroxylation is 1. The minimum absolute atomic E-state index is 0.586. The Labute approximate surface area is 91.5 Å². The molecule has 1 aromatic rings. The lowest BCUT2D eigenvalue weighted by Gasteiger charge is -2.17. The third-order valence-corrected chi connectivity index (χ3v) is 2.38. The molecule has 0 aliphatic rings. The van der Waals surface area contributed by atoms with E-state index in [9.17, 15) is 5.11 Å². The fourth-order valence-corrected chi connectivity index (χ4v) is 1.30. The van der Waals surface area contributed by atoms with Gasteiger partial charge in [-0.15, -0.1) is 0 Å². The Morgan fingerprint density at radius 2 is 2.20 bits per heavy atom. The van der Waals surface area contributed by atoms with Crippen LogP contribution in [0.15, 0.2) is 18.5 Å². The second-order valence-corrected chi connectivity index (χ2v) is 4.54. The molecule has 15 heavy (non-hydrogen) atoms. The SMILES string of the molecule is Cc1ccncc1CNCCC(C)(C)O. The van der Waals surface area contributed by atoms with Gasteiger partial charge in [-0.05, 0) is 50.9 Å². The van der Waals surface area contributed by atoms with Crippen LogP contribution in [0.4, 0.5) is 0 Å². The number of aromatic nitrogens is 1. The monoisotopic (exact) mass is 208 g/mol.